The van der Waals surface area contributed by atoms with Gasteiger partial charge < -0.3 is 24.8 Å². The Balaban J connectivity index is 1.89. The van der Waals surface area contributed by atoms with E-state index in [1.54, 1.807) is 37.3 Å². The molecule has 1 heterocycles. The highest BCUT2D eigenvalue weighted by Gasteiger charge is 2.43. The third-order valence-corrected chi connectivity index (χ3v) is 5.40. The molecule has 2 aromatic rings. The Morgan fingerprint density at radius 2 is 1.83 bits per heavy atom. The van der Waals surface area contributed by atoms with Crippen molar-refractivity contribution < 1.29 is 33.2 Å². The van der Waals surface area contributed by atoms with E-state index < -0.39 is 47.2 Å². The fourth-order valence-electron chi connectivity index (χ4n) is 3.25. The molecule has 0 aromatic heterocycles. The van der Waals surface area contributed by atoms with Crippen molar-refractivity contribution in [1.82, 2.24) is 0 Å². The first-order chi connectivity index (χ1) is 13.7. The van der Waals surface area contributed by atoms with Gasteiger partial charge in [0.1, 0.15) is 18.0 Å². The van der Waals surface area contributed by atoms with Crippen LogP contribution in [0.4, 0.5) is 5.69 Å². The molecule has 1 aliphatic heterocycles. The highest BCUT2D eigenvalue weighted by Crippen LogP contribution is 2.35. The van der Waals surface area contributed by atoms with E-state index in [1.165, 1.54) is 0 Å². The standard InChI is InChI=1S/C20H25NO7S/c1-12-18(23)19(24)17(11-22)28-20(12)27-16-9-4-3-8-15(16)13-6-5-7-14(10-13)21-29(2,25)26/h3-10,12,17-24H,11H2,1-2H3/t12?,17?,18-,19+,20-/m1/s1. The molecule has 0 amide bonds. The van der Waals surface area contributed by atoms with Crippen LogP contribution >= 0.6 is 0 Å². The van der Waals surface area contributed by atoms with E-state index in [-0.39, 0.29) is 0 Å². The highest BCUT2D eigenvalue weighted by atomic mass is 32.2. The lowest BCUT2D eigenvalue weighted by atomic mass is 9.92. The number of nitrogens with one attached hydrogen (secondary N) is 1. The van der Waals surface area contributed by atoms with Gasteiger partial charge in [-0.25, -0.2) is 8.42 Å². The van der Waals surface area contributed by atoms with Gasteiger partial charge in [0.2, 0.25) is 16.3 Å². The summed E-state index contributed by atoms with van der Waals surface area (Å²) in [5.41, 5.74) is 1.83. The second-order valence-corrected chi connectivity index (χ2v) is 8.88. The number of hydrogen-bond acceptors (Lipinski definition) is 7. The summed E-state index contributed by atoms with van der Waals surface area (Å²) in [6, 6.07) is 14.0. The normalized spacial score (nSPS) is 27.4. The fraction of sp³-hybridized carbons (Fsp3) is 0.400. The molecule has 29 heavy (non-hydrogen) atoms. The van der Waals surface area contributed by atoms with Gasteiger partial charge in [-0.15, -0.1) is 0 Å². The van der Waals surface area contributed by atoms with E-state index in [0.29, 0.717) is 17.0 Å². The molecule has 0 saturated carbocycles. The van der Waals surface area contributed by atoms with Gasteiger partial charge in [0, 0.05) is 17.2 Å². The second-order valence-electron chi connectivity index (χ2n) is 7.13. The molecule has 0 spiro atoms. The zero-order valence-corrected chi connectivity index (χ0v) is 16.9. The lowest BCUT2D eigenvalue weighted by Crippen LogP contribution is -2.56. The molecule has 2 unspecified atom stereocenters. The maximum Gasteiger partial charge on any atom is 0.229 e. The highest BCUT2D eigenvalue weighted by molar-refractivity contribution is 7.92. The van der Waals surface area contributed by atoms with E-state index in [9.17, 15) is 23.7 Å². The van der Waals surface area contributed by atoms with Crippen LogP contribution in [0.2, 0.25) is 0 Å². The lowest BCUT2D eigenvalue weighted by Gasteiger charge is -2.40. The average Bonchev–Trinajstić information content (AvgIpc) is 2.67. The summed E-state index contributed by atoms with van der Waals surface area (Å²) in [6.07, 6.45) is -3.08. The van der Waals surface area contributed by atoms with E-state index in [4.69, 9.17) is 9.47 Å². The van der Waals surface area contributed by atoms with Crippen molar-refractivity contribution in [3.05, 3.63) is 48.5 Å². The molecule has 4 N–H and O–H groups in total. The summed E-state index contributed by atoms with van der Waals surface area (Å²) in [4.78, 5) is 0. The van der Waals surface area contributed by atoms with Gasteiger partial charge in [-0.1, -0.05) is 37.3 Å². The van der Waals surface area contributed by atoms with Crippen molar-refractivity contribution in [2.24, 2.45) is 5.92 Å². The van der Waals surface area contributed by atoms with E-state index in [2.05, 4.69) is 4.72 Å². The SMILES string of the molecule is CC1[C@H](Oc2ccccc2-c2cccc(NS(C)(=O)=O)c2)OC(CO)[C@H](O)[C@@H]1O. The summed E-state index contributed by atoms with van der Waals surface area (Å²) < 4.78 is 37.1. The molecule has 0 bridgehead atoms. The molecule has 3 rings (SSSR count). The first-order valence-electron chi connectivity index (χ1n) is 9.16. The van der Waals surface area contributed by atoms with Gasteiger partial charge >= 0.3 is 0 Å². The van der Waals surface area contributed by atoms with Crippen LogP contribution in [0.25, 0.3) is 11.1 Å². The summed E-state index contributed by atoms with van der Waals surface area (Å²) in [5.74, 6) is -0.0831. The molecule has 8 nitrogen and oxygen atoms in total. The maximum atomic E-state index is 11.5. The van der Waals surface area contributed by atoms with Crippen molar-refractivity contribution >= 4 is 15.7 Å². The summed E-state index contributed by atoms with van der Waals surface area (Å²) in [5, 5.41) is 29.6. The molecule has 1 saturated heterocycles. The van der Waals surface area contributed by atoms with Crippen LogP contribution in [0.5, 0.6) is 5.75 Å². The van der Waals surface area contributed by atoms with Crippen LogP contribution in [-0.2, 0) is 14.8 Å². The van der Waals surface area contributed by atoms with Gasteiger partial charge in [-0.2, -0.15) is 0 Å². The largest absolute Gasteiger partial charge is 0.464 e. The number of anilines is 1. The third kappa shape index (κ3) is 5.06. The topological polar surface area (TPSA) is 125 Å². The zero-order chi connectivity index (χ0) is 21.2. The maximum absolute atomic E-state index is 11.5. The molecule has 2 aromatic carbocycles. The number of ether oxygens (including phenoxy) is 2. The van der Waals surface area contributed by atoms with Crippen LogP contribution in [0.3, 0.4) is 0 Å². The van der Waals surface area contributed by atoms with Crippen molar-refractivity contribution in [2.45, 2.75) is 31.5 Å². The van der Waals surface area contributed by atoms with E-state index in [0.717, 1.165) is 11.8 Å². The molecular weight excluding hydrogens is 398 g/mol. The first-order valence-corrected chi connectivity index (χ1v) is 11.0. The molecule has 158 valence electrons. The van der Waals surface area contributed by atoms with Gasteiger partial charge in [0.25, 0.3) is 0 Å². The summed E-state index contributed by atoms with van der Waals surface area (Å²) in [7, 11) is -3.41. The molecular formula is C20H25NO7S. The Labute approximate surface area is 169 Å². The predicted molar refractivity (Wildman–Crippen MR) is 108 cm³/mol. The average molecular weight is 423 g/mol. The molecule has 5 atom stereocenters. The second kappa shape index (κ2) is 8.68. The van der Waals surface area contributed by atoms with E-state index in [1.807, 2.05) is 18.2 Å². The lowest BCUT2D eigenvalue weighted by molar-refractivity contribution is -0.256. The minimum atomic E-state index is -3.41. The number of sulfonamides is 1. The predicted octanol–water partition coefficient (Wildman–Crippen LogP) is 1.18. The fourth-order valence-corrected chi connectivity index (χ4v) is 3.81. The van der Waals surface area contributed by atoms with Crippen molar-refractivity contribution in [3.8, 4) is 16.9 Å². The number of aliphatic hydroxyl groups excluding tert-OH is 3. The minimum absolute atomic E-state index is 0.418. The Morgan fingerprint density at radius 3 is 2.52 bits per heavy atom. The summed E-state index contributed by atoms with van der Waals surface area (Å²) in [6.45, 7) is 1.23. The van der Waals surface area contributed by atoms with Crippen LogP contribution < -0.4 is 9.46 Å². The van der Waals surface area contributed by atoms with Crippen molar-refractivity contribution in [1.29, 1.82) is 0 Å². The van der Waals surface area contributed by atoms with Crippen LogP contribution in [-0.4, -0.2) is 61.2 Å². The van der Waals surface area contributed by atoms with Gasteiger partial charge in [0.15, 0.2) is 0 Å². The third-order valence-electron chi connectivity index (χ3n) is 4.79. The Hall–Kier alpha value is -2.17. The molecule has 0 radical (unpaired) electrons. The van der Waals surface area contributed by atoms with Crippen molar-refractivity contribution in [3.63, 3.8) is 0 Å². The van der Waals surface area contributed by atoms with Crippen molar-refractivity contribution in [2.75, 3.05) is 17.6 Å². The Morgan fingerprint density at radius 1 is 1.10 bits per heavy atom. The quantitative estimate of drug-likeness (QED) is 0.550. The number of rotatable bonds is 6. The zero-order valence-electron chi connectivity index (χ0n) is 16.1. The molecule has 1 aliphatic rings. The smallest absolute Gasteiger partial charge is 0.229 e. The summed E-state index contributed by atoms with van der Waals surface area (Å²) >= 11 is 0. The van der Waals surface area contributed by atoms with Crippen LogP contribution in [0, 0.1) is 5.92 Å². The van der Waals surface area contributed by atoms with Gasteiger partial charge in [0.05, 0.1) is 19.0 Å². The molecule has 1 fully saturated rings. The number of benzene rings is 2. The number of para-hydroxylation sites is 1. The monoisotopic (exact) mass is 423 g/mol. The van der Waals surface area contributed by atoms with Crippen LogP contribution in [0.1, 0.15) is 6.92 Å². The minimum Gasteiger partial charge on any atom is -0.464 e. The number of aliphatic hydroxyl groups is 3. The Bertz CT molecular complexity index is 947. The van der Waals surface area contributed by atoms with Gasteiger partial charge in [-0.3, -0.25) is 4.72 Å². The van der Waals surface area contributed by atoms with E-state index >= 15 is 0 Å². The first kappa shape index (κ1) is 21.5. The number of hydrogen-bond donors (Lipinski definition) is 4. The molecule has 9 heteroatoms. The Kier molecular flexibility index (Phi) is 6.45. The van der Waals surface area contributed by atoms with Crippen LogP contribution in [0.15, 0.2) is 48.5 Å². The van der Waals surface area contributed by atoms with Gasteiger partial charge in [-0.05, 0) is 23.8 Å². The molecule has 0 aliphatic carbocycles.